The molecule has 0 atom stereocenters. The van der Waals surface area contributed by atoms with Crippen LogP contribution in [0, 0.1) is 11.3 Å². The quantitative estimate of drug-likeness (QED) is 0.403. The van der Waals surface area contributed by atoms with E-state index in [1.165, 1.54) is 30.6 Å². The van der Waals surface area contributed by atoms with Gasteiger partial charge in [0.25, 0.3) is 5.56 Å². The highest BCUT2D eigenvalue weighted by Gasteiger charge is 2.31. The van der Waals surface area contributed by atoms with Gasteiger partial charge in [-0.2, -0.15) is 18.4 Å². The Morgan fingerprint density at radius 2 is 1.82 bits per heavy atom. The lowest BCUT2D eigenvalue weighted by molar-refractivity contribution is -0.137. The van der Waals surface area contributed by atoms with Gasteiger partial charge in [-0.25, -0.2) is 14.8 Å². The molecule has 0 saturated heterocycles. The average molecular weight is 460 g/mol. The van der Waals surface area contributed by atoms with E-state index in [0.29, 0.717) is 16.8 Å². The Hall–Kier alpha value is -4.85. The molecule has 34 heavy (non-hydrogen) atoms. The molecule has 0 saturated carbocycles. The molecule has 1 aromatic carbocycles. The maximum atomic E-state index is 13.3. The van der Waals surface area contributed by atoms with Crippen LogP contribution in [0.1, 0.15) is 11.3 Å². The number of hydrogen-bond acceptors (Lipinski definition) is 6. The first kappa shape index (κ1) is 21.0. The minimum absolute atomic E-state index is 0.0153. The molecule has 0 amide bonds. The van der Waals surface area contributed by atoms with Crippen molar-refractivity contribution in [2.75, 3.05) is 0 Å². The van der Waals surface area contributed by atoms with Gasteiger partial charge in [-0.15, -0.1) is 0 Å². The molecule has 5 rings (SSSR count). The van der Waals surface area contributed by atoms with Gasteiger partial charge in [0, 0.05) is 18.0 Å². The molecule has 4 heterocycles. The number of aromatic nitrogens is 5. The molecule has 0 aliphatic carbocycles. The van der Waals surface area contributed by atoms with E-state index in [1.807, 2.05) is 6.07 Å². The fourth-order valence-corrected chi connectivity index (χ4v) is 3.61. The van der Waals surface area contributed by atoms with Gasteiger partial charge < -0.3 is 0 Å². The van der Waals surface area contributed by atoms with Gasteiger partial charge in [-0.1, -0.05) is 6.07 Å². The number of halogens is 3. The van der Waals surface area contributed by atoms with Crippen molar-refractivity contribution in [3.8, 4) is 23.0 Å². The number of alkyl halides is 3. The van der Waals surface area contributed by atoms with Crippen molar-refractivity contribution in [1.82, 2.24) is 24.5 Å². The van der Waals surface area contributed by atoms with Crippen LogP contribution in [0.25, 0.3) is 38.9 Å². The molecule has 0 bridgehead atoms. The number of benzene rings is 1. The standard InChI is InChI=1S/C23H11F3N6O2/c24-23(25,26)13-2-1-3-15(8-13)32-20-16(21(33)31-22(32)34)11-29-18-7-6-17(30-19(18)20)12-4-5-14(9-27)28-10-12/h1-8,10-11H,(H,31,33,34). The van der Waals surface area contributed by atoms with Crippen molar-refractivity contribution in [3.05, 3.63) is 93.0 Å². The number of rotatable bonds is 2. The number of H-pyrrole nitrogens is 1. The fourth-order valence-electron chi connectivity index (χ4n) is 3.61. The van der Waals surface area contributed by atoms with Gasteiger partial charge in [0.05, 0.1) is 33.4 Å². The highest BCUT2D eigenvalue weighted by Crippen LogP contribution is 2.31. The zero-order valence-corrected chi connectivity index (χ0v) is 17.0. The second-order valence-corrected chi connectivity index (χ2v) is 7.27. The van der Waals surface area contributed by atoms with Crippen LogP contribution in [0.5, 0.6) is 0 Å². The molecule has 8 nitrogen and oxygen atoms in total. The number of pyridine rings is 3. The number of nitriles is 1. The lowest BCUT2D eigenvalue weighted by Crippen LogP contribution is -2.29. The predicted octanol–water partition coefficient (Wildman–Crippen LogP) is 3.57. The van der Waals surface area contributed by atoms with Crippen molar-refractivity contribution in [3.63, 3.8) is 0 Å². The van der Waals surface area contributed by atoms with E-state index >= 15 is 0 Å². The highest BCUT2D eigenvalue weighted by atomic mass is 19.4. The minimum Gasteiger partial charge on any atom is -0.273 e. The molecular weight excluding hydrogens is 449 g/mol. The summed E-state index contributed by atoms with van der Waals surface area (Å²) in [6.45, 7) is 0. The summed E-state index contributed by atoms with van der Waals surface area (Å²) < 4.78 is 40.9. The van der Waals surface area contributed by atoms with Crippen LogP contribution >= 0.6 is 0 Å². The van der Waals surface area contributed by atoms with E-state index in [4.69, 9.17) is 5.26 Å². The summed E-state index contributed by atoms with van der Waals surface area (Å²) in [4.78, 5) is 40.2. The topological polar surface area (TPSA) is 117 Å². The van der Waals surface area contributed by atoms with Gasteiger partial charge in [0.15, 0.2) is 0 Å². The maximum absolute atomic E-state index is 13.3. The summed E-state index contributed by atoms with van der Waals surface area (Å²) in [7, 11) is 0. The molecule has 0 radical (unpaired) electrons. The van der Waals surface area contributed by atoms with E-state index in [1.54, 1.807) is 18.2 Å². The van der Waals surface area contributed by atoms with E-state index in [9.17, 15) is 22.8 Å². The van der Waals surface area contributed by atoms with Crippen molar-refractivity contribution in [2.45, 2.75) is 6.18 Å². The van der Waals surface area contributed by atoms with Gasteiger partial charge in [0.1, 0.15) is 17.3 Å². The van der Waals surface area contributed by atoms with Crippen molar-refractivity contribution in [1.29, 1.82) is 5.26 Å². The summed E-state index contributed by atoms with van der Waals surface area (Å²) in [6.07, 6.45) is -1.95. The van der Waals surface area contributed by atoms with E-state index in [0.717, 1.165) is 16.7 Å². The SMILES string of the molecule is N#Cc1ccc(-c2ccc3ncc4c(=O)[nH]c(=O)n(-c5cccc(C(F)(F)F)c5)c4c3n2)cn1. The average Bonchev–Trinajstić information content (AvgIpc) is 2.83. The number of nitrogens with one attached hydrogen (secondary N) is 1. The van der Waals surface area contributed by atoms with Gasteiger partial charge in [-0.05, 0) is 42.5 Å². The molecule has 1 N–H and O–H groups in total. The molecule has 4 aromatic heterocycles. The van der Waals surface area contributed by atoms with Crippen LogP contribution in [0.3, 0.4) is 0 Å². The summed E-state index contributed by atoms with van der Waals surface area (Å²) >= 11 is 0. The molecule has 0 fully saturated rings. The Balaban J connectivity index is 1.86. The molecule has 166 valence electrons. The third-order valence-electron chi connectivity index (χ3n) is 5.18. The van der Waals surface area contributed by atoms with Crippen LogP contribution in [-0.4, -0.2) is 24.5 Å². The molecule has 0 unspecified atom stereocenters. The van der Waals surface area contributed by atoms with Crippen LogP contribution in [0.15, 0.2) is 70.5 Å². The Morgan fingerprint density at radius 3 is 2.53 bits per heavy atom. The Bertz CT molecular complexity index is 1750. The van der Waals surface area contributed by atoms with Crippen molar-refractivity contribution < 1.29 is 13.2 Å². The van der Waals surface area contributed by atoms with Crippen LogP contribution in [0.4, 0.5) is 13.2 Å². The third-order valence-corrected chi connectivity index (χ3v) is 5.18. The first-order valence-electron chi connectivity index (χ1n) is 9.75. The van der Waals surface area contributed by atoms with Crippen molar-refractivity contribution in [2.24, 2.45) is 0 Å². The third kappa shape index (κ3) is 3.47. The molecule has 0 aliphatic rings. The number of fused-ring (bicyclic) bond motifs is 3. The second-order valence-electron chi connectivity index (χ2n) is 7.27. The summed E-state index contributed by atoms with van der Waals surface area (Å²) in [5, 5.41) is 8.93. The number of nitrogens with zero attached hydrogens (tertiary/aromatic N) is 5. The van der Waals surface area contributed by atoms with Crippen molar-refractivity contribution >= 4 is 21.9 Å². The molecule has 0 spiro atoms. The van der Waals surface area contributed by atoms with Gasteiger partial charge in [-0.3, -0.25) is 19.3 Å². The molecular formula is C23H11F3N6O2. The summed E-state index contributed by atoms with van der Waals surface area (Å²) in [6, 6.07) is 12.5. The first-order chi connectivity index (χ1) is 16.3. The Labute approximate surface area is 187 Å². The summed E-state index contributed by atoms with van der Waals surface area (Å²) in [5.74, 6) is 0. The zero-order valence-electron chi connectivity index (χ0n) is 17.0. The van der Waals surface area contributed by atoms with Crippen LogP contribution < -0.4 is 11.2 Å². The lowest BCUT2D eigenvalue weighted by atomic mass is 10.1. The number of hydrogen-bond donors (Lipinski definition) is 1. The molecule has 11 heteroatoms. The maximum Gasteiger partial charge on any atom is 0.416 e. The van der Waals surface area contributed by atoms with E-state index in [2.05, 4.69) is 19.9 Å². The Morgan fingerprint density at radius 1 is 1.00 bits per heavy atom. The predicted molar refractivity (Wildman–Crippen MR) is 116 cm³/mol. The highest BCUT2D eigenvalue weighted by molar-refractivity contribution is 6.01. The zero-order chi connectivity index (χ0) is 24.0. The molecule has 5 aromatic rings. The summed E-state index contributed by atoms with van der Waals surface area (Å²) in [5.41, 5.74) is -1.07. The van der Waals surface area contributed by atoms with E-state index in [-0.39, 0.29) is 27.8 Å². The monoisotopic (exact) mass is 460 g/mol. The smallest absolute Gasteiger partial charge is 0.273 e. The van der Waals surface area contributed by atoms with Crippen LogP contribution in [-0.2, 0) is 6.18 Å². The normalized spacial score (nSPS) is 11.6. The molecule has 0 aliphatic heterocycles. The number of aromatic amines is 1. The second kappa shape index (κ2) is 7.63. The first-order valence-corrected chi connectivity index (χ1v) is 9.75. The fraction of sp³-hybridized carbons (Fsp3) is 0.0435. The van der Waals surface area contributed by atoms with Gasteiger partial charge in [0.2, 0.25) is 0 Å². The van der Waals surface area contributed by atoms with Gasteiger partial charge >= 0.3 is 11.9 Å². The Kier molecular flexibility index (Phi) is 4.72. The van der Waals surface area contributed by atoms with E-state index < -0.39 is 23.0 Å². The lowest BCUT2D eigenvalue weighted by Gasteiger charge is -2.14. The van der Waals surface area contributed by atoms with Crippen LogP contribution in [0.2, 0.25) is 0 Å². The minimum atomic E-state index is -4.63. The largest absolute Gasteiger partial charge is 0.416 e.